The Morgan fingerprint density at radius 3 is 2.37 bits per heavy atom. The van der Waals surface area contributed by atoms with E-state index in [1.54, 1.807) is 17.0 Å². The summed E-state index contributed by atoms with van der Waals surface area (Å²) in [5, 5.41) is 12.9. The van der Waals surface area contributed by atoms with Gasteiger partial charge in [0.25, 0.3) is 15.9 Å². The van der Waals surface area contributed by atoms with Gasteiger partial charge in [-0.1, -0.05) is 0 Å². The molecule has 1 unspecified atom stereocenters. The van der Waals surface area contributed by atoms with Gasteiger partial charge in [-0.15, -0.1) is 0 Å². The van der Waals surface area contributed by atoms with E-state index in [2.05, 4.69) is 33.2 Å². The quantitative estimate of drug-likeness (QED) is 0.322. The van der Waals surface area contributed by atoms with E-state index in [-0.39, 0.29) is 44.9 Å². The summed E-state index contributed by atoms with van der Waals surface area (Å²) in [7, 11) is 1.64. The Labute approximate surface area is 315 Å². The fourth-order valence-electron chi connectivity index (χ4n) is 8.21. The van der Waals surface area contributed by atoms with Crippen LogP contribution in [0.4, 0.5) is 10.5 Å². The van der Waals surface area contributed by atoms with Gasteiger partial charge < -0.3 is 34.1 Å². The van der Waals surface area contributed by atoms with Gasteiger partial charge in [-0.25, -0.2) is 18.2 Å². The van der Waals surface area contributed by atoms with Gasteiger partial charge in [0.1, 0.15) is 16.4 Å². The van der Waals surface area contributed by atoms with Crippen LogP contribution in [0.1, 0.15) is 42.4 Å². The number of sulfonamides is 1. The second-order valence-electron chi connectivity index (χ2n) is 14.0. The normalized spacial score (nSPS) is 21.4. The van der Waals surface area contributed by atoms with E-state index < -0.39 is 27.5 Å². The number of methoxy groups -OCH3 is 3. The number of nitriles is 1. The van der Waals surface area contributed by atoms with Crippen LogP contribution in [0, 0.1) is 11.3 Å². The summed E-state index contributed by atoms with van der Waals surface area (Å²) in [4.78, 5) is 40.0. The standard InChI is InChI=1S/C38H45N7O8S/c1-42(27-13-18-53-19-14-27)26-11-16-43(17-12-26)28-23-44(24-28)37(47)41-38(30-6-5-15-40-35(30)52-4)31-20-25(22-39)7-9-32(31)45(36(38)46)54(48,49)34-10-8-29(50-2)21-33(34)51-3/h5-10,15,20-21,26-28H,11-14,16-19,23-24H2,1-4H3,(H,41,47). The number of carbonyl (C=O) groups is 2. The minimum absolute atomic E-state index is 0.00388. The molecule has 4 aliphatic rings. The number of carbonyl (C=O) groups excluding carboxylic acids is 2. The number of ether oxygens (including phenoxy) is 4. The van der Waals surface area contributed by atoms with Crippen LogP contribution in [-0.2, 0) is 25.1 Å². The van der Waals surface area contributed by atoms with Crippen molar-refractivity contribution in [3.63, 3.8) is 0 Å². The molecule has 3 amide bonds. The highest BCUT2D eigenvalue weighted by molar-refractivity contribution is 7.93. The van der Waals surface area contributed by atoms with E-state index in [9.17, 15) is 18.5 Å². The molecule has 15 nitrogen and oxygen atoms in total. The molecule has 1 N–H and O–H groups in total. The van der Waals surface area contributed by atoms with Crippen LogP contribution in [0.5, 0.6) is 17.4 Å². The first-order valence-corrected chi connectivity index (χ1v) is 19.5. The molecule has 0 aliphatic carbocycles. The van der Waals surface area contributed by atoms with Gasteiger partial charge in [-0.3, -0.25) is 9.69 Å². The molecule has 0 radical (unpaired) electrons. The smallest absolute Gasteiger partial charge is 0.318 e. The van der Waals surface area contributed by atoms with Crippen molar-refractivity contribution in [2.45, 2.75) is 54.2 Å². The third-order valence-corrected chi connectivity index (χ3v) is 13.0. The number of pyridine rings is 1. The first-order chi connectivity index (χ1) is 26.1. The Bertz CT molecular complexity index is 2060. The molecule has 1 atom stereocenters. The number of nitrogens with one attached hydrogen (secondary N) is 1. The summed E-state index contributed by atoms with van der Waals surface area (Å²) in [5.41, 5.74) is -1.86. The number of hydrogen-bond donors (Lipinski definition) is 1. The maximum atomic E-state index is 15.1. The molecule has 3 aromatic rings. The molecular weight excluding hydrogens is 715 g/mol. The van der Waals surface area contributed by atoms with Crippen LogP contribution in [0.25, 0.3) is 0 Å². The molecule has 54 heavy (non-hydrogen) atoms. The average Bonchev–Trinajstić information content (AvgIpc) is 3.44. The molecule has 3 saturated heterocycles. The van der Waals surface area contributed by atoms with Crippen molar-refractivity contribution in [2.24, 2.45) is 0 Å². The number of likely N-dealkylation sites (tertiary alicyclic amines) is 2. The van der Waals surface area contributed by atoms with Crippen molar-refractivity contribution in [2.75, 3.05) is 72.1 Å². The predicted molar refractivity (Wildman–Crippen MR) is 197 cm³/mol. The van der Waals surface area contributed by atoms with Crippen molar-refractivity contribution in [1.29, 1.82) is 5.26 Å². The number of amides is 3. The molecule has 0 saturated carbocycles. The minimum Gasteiger partial charge on any atom is -0.497 e. The van der Waals surface area contributed by atoms with Gasteiger partial charge in [0.15, 0.2) is 5.54 Å². The molecule has 286 valence electrons. The Hall–Kier alpha value is -4.95. The molecule has 4 aliphatic heterocycles. The molecule has 0 bridgehead atoms. The summed E-state index contributed by atoms with van der Waals surface area (Å²) in [6.07, 6.45) is 5.65. The molecule has 1 aromatic heterocycles. The minimum atomic E-state index is -4.70. The third-order valence-electron chi connectivity index (χ3n) is 11.3. The number of piperidine rings is 1. The molecular formula is C38H45N7O8S. The average molecular weight is 760 g/mol. The SMILES string of the molecule is COc1ccc(S(=O)(=O)N2C(=O)C(NC(=O)N3CC(N4CCC(N(C)C5CCOCC5)CC4)C3)(c3cccnc3OC)c3cc(C#N)ccc32)c(OC)c1. The molecule has 0 spiro atoms. The topological polar surface area (TPSA) is 167 Å². The number of hydrogen-bond acceptors (Lipinski definition) is 12. The van der Waals surface area contributed by atoms with Crippen LogP contribution < -0.4 is 23.8 Å². The van der Waals surface area contributed by atoms with Crippen molar-refractivity contribution in [1.82, 2.24) is 25.0 Å². The second kappa shape index (κ2) is 15.1. The lowest BCUT2D eigenvalue weighted by Gasteiger charge is -2.49. The van der Waals surface area contributed by atoms with Crippen molar-refractivity contribution < 1.29 is 37.0 Å². The zero-order chi connectivity index (χ0) is 38.2. The lowest BCUT2D eigenvalue weighted by molar-refractivity contribution is -0.121. The Balaban J connectivity index is 1.19. The maximum Gasteiger partial charge on any atom is 0.318 e. The Morgan fingerprint density at radius 1 is 0.981 bits per heavy atom. The number of nitrogens with zero attached hydrogens (tertiary/aromatic N) is 6. The van der Waals surface area contributed by atoms with E-state index in [1.807, 2.05) is 0 Å². The van der Waals surface area contributed by atoms with Gasteiger partial charge in [-0.2, -0.15) is 9.57 Å². The largest absolute Gasteiger partial charge is 0.497 e. The van der Waals surface area contributed by atoms with Gasteiger partial charge in [-0.05, 0) is 75.2 Å². The number of rotatable bonds is 10. The number of fused-ring (bicyclic) bond motifs is 1. The van der Waals surface area contributed by atoms with E-state index in [0.717, 1.165) is 52.0 Å². The second-order valence-corrected chi connectivity index (χ2v) is 15.8. The number of benzene rings is 2. The Kier molecular flexibility index (Phi) is 10.4. The lowest BCUT2D eigenvalue weighted by Crippen LogP contribution is -2.67. The van der Waals surface area contributed by atoms with E-state index in [0.29, 0.717) is 35.2 Å². The van der Waals surface area contributed by atoms with E-state index >= 15 is 4.79 Å². The van der Waals surface area contributed by atoms with Crippen molar-refractivity contribution in [3.05, 3.63) is 71.4 Å². The van der Waals surface area contributed by atoms with Crippen LogP contribution in [0.15, 0.2) is 59.6 Å². The van der Waals surface area contributed by atoms with Crippen LogP contribution in [0.2, 0.25) is 0 Å². The van der Waals surface area contributed by atoms with Gasteiger partial charge in [0.2, 0.25) is 5.88 Å². The summed E-state index contributed by atoms with van der Waals surface area (Å²) in [5.74, 6) is -0.712. The highest BCUT2D eigenvalue weighted by Gasteiger charge is 2.59. The number of aromatic nitrogens is 1. The van der Waals surface area contributed by atoms with Gasteiger partial charge >= 0.3 is 6.03 Å². The molecule has 16 heteroatoms. The zero-order valence-corrected chi connectivity index (χ0v) is 31.7. The van der Waals surface area contributed by atoms with Crippen molar-refractivity contribution in [3.8, 4) is 23.4 Å². The monoisotopic (exact) mass is 759 g/mol. The lowest BCUT2D eigenvalue weighted by atomic mass is 9.83. The summed E-state index contributed by atoms with van der Waals surface area (Å²) in [6.45, 7) is 4.31. The highest BCUT2D eigenvalue weighted by Crippen LogP contribution is 2.50. The first-order valence-electron chi connectivity index (χ1n) is 18.0. The number of anilines is 1. The molecule has 7 rings (SSSR count). The summed E-state index contributed by atoms with van der Waals surface area (Å²) >= 11 is 0. The van der Waals surface area contributed by atoms with Gasteiger partial charge in [0.05, 0.1) is 44.2 Å². The zero-order valence-electron chi connectivity index (χ0n) is 30.9. The van der Waals surface area contributed by atoms with Crippen LogP contribution in [-0.4, -0.2) is 126 Å². The first kappa shape index (κ1) is 37.4. The fraction of sp³-hybridized carbons (Fsp3) is 0.474. The maximum absolute atomic E-state index is 15.1. The summed E-state index contributed by atoms with van der Waals surface area (Å²) in [6, 6.07) is 14.2. The highest BCUT2D eigenvalue weighted by atomic mass is 32.2. The van der Waals surface area contributed by atoms with Crippen LogP contribution in [0.3, 0.4) is 0 Å². The molecule has 2 aromatic carbocycles. The van der Waals surface area contributed by atoms with Crippen molar-refractivity contribution >= 4 is 27.6 Å². The number of urea groups is 1. The van der Waals surface area contributed by atoms with E-state index in [4.69, 9.17) is 18.9 Å². The Morgan fingerprint density at radius 2 is 1.70 bits per heavy atom. The third kappa shape index (κ3) is 6.38. The van der Waals surface area contributed by atoms with E-state index in [1.165, 1.54) is 63.9 Å². The predicted octanol–water partition coefficient (Wildman–Crippen LogP) is 2.93. The molecule has 5 heterocycles. The van der Waals surface area contributed by atoms with Crippen LogP contribution >= 0.6 is 0 Å². The van der Waals surface area contributed by atoms with Gasteiger partial charge in [0, 0.05) is 75.3 Å². The summed E-state index contributed by atoms with van der Waals surface area (Å²) < 4.78 is 51.7. The molecule has 3 fully saturated rings. The fourth-order valence-corrected chi connectivity index (χ4v) is 9.82.